The zero-order chi connectivity index (χ0) is 10.2. The van der Waals surface area contributed by atoms with Gasteiger partial charge in [0, 0.05) is 0 Å². The summed E-state index contributed by atoms with van der Waals surface area (Å²) in [5.74, 6) is -2.01. The molecule has 0 aliphatic rings. The largest absolute Gasteiger partial charge is 0.501 e. The second-order valence-electron chi connectivity index (χ2n) is 2.11. The van der Waals surface area contributed by atoms with E-state index in [2.05, 4.69) is 15.9 Å². The van der Waals surface area contributed by atoms with Gasteiger partial charge in [0.1, 0.15) is 0 Å². The first-order chi connectivity index (χ1) is 5.95. The summed E-state index contributed by atoms with van der Waals surface area (Å²) in [6, 6.07) is 1.04. The van der Waals surface area contributed by atoms with Crippen molar-refractivity contribution in [3.63, 3.8) is 0 Å². The Kier molecular flexibility index (Phi) is 2.72. The molecule has 0 unspecified atom stereocenters. The molecule has 1 aromatic rings. The Morgan fingerprint density at radius 3 is 2.69 bits per heavy atom. The molecule has 0 saturated carbocycles. The predicted octanol–water partition coefficient (Wildman–Crippen LogP) is 2.86. The fourth-order valence-electron chi connectivity index (χ4n) is 0.740. The standard InChI is InChI=1S/C6H2BrClFNO3/c7-2-1-3(8)6(11)5(4(2)9)10(12)13/h1,11H. The lowest BCUT2D eigenvalue weighted by atomic mass is 10.3. The molecule has 0 aliphatic heterocycles. The summed E-state index contributed by atoms with van der Waals surface area (Å²) in [6.45, 7) is 0. The second-order valence-corrected chi connectivity index (χ2v) is 3.37. The molecule has 0 saturated heterocycles. The molecule has 0 amide bonds. The molecule has 1 rings (SSSR count). The molecular weight excluding hydrogens is 268 g/mol. The molecular formula is C6H2BrClFNO3. The number of halogens is 3. The van der Waals surface area contributed by atoms with Crippen LogP contribution in [0.1, 0.15) is 0 Å². The smallest absolute Gasteiger partial charge is 0.348 e. The third-order valence-electron chi connectivity index (χ3n) is 1.30. The van der Waals surface area contributed by atoms with Crippen molar-refractivity contribution in [2.75, 3.05) is 0 Å². The number of hydrogen-bond donors (Lipinski definition) is 1. The van der Waals surface area contributed by atoms with Crippen molar-refractivity contribution < 1.29 is 14.4 Å². The molecule has 0 atom stereocenters. The minimum atomic E-state index is -1.15. The lowest BCUT2D eigenvalue weighted by Gasteiger charge is -2.01. The molecule has 0 aliphatic carbocycles. The van der Waals surface area contributed by atoms with Crippen LogP contribution in [0, 0.1) is 15.9 Å². The van der Waals surface area contributed by atoms with E-state index in [0.717, 1.165) is 6.07 Å². The molecule has 0 radical (unpaired) electrons. The third kappa shape index (κ3) is 1.73. The van der Waals surface area contributed by atoms with Crippen LogP contribution in [0.4, 0.5) is 10.1 Å². The second kappa shape index (κ2) is 3.47. The molecule has 0 spiro atoms. The molecule has 4 nitrogen and oxygen atoms in total. The summed E-state index contributed by atoms with van der Waals surface area (Å²) in [5, 5.41) is 19.0. The number of nitrogens with zero attached hydrogens (tertiary/aromatic N) is 1. The molecule has 13 heavy (non-hydrogen) atoms. The van der Waals surface area contributed by atoms with Gasteiger partial charge in [-0.05, 0) is 22.0 Å². The summed E-state index contributed by atoms with van der Waals surface area (Å²) in [6.07, 6.45) is 0. The molecule has 70 valence electrons. The minimum Gasteiger partial charge on any atom is -0.501 e. The van der Waals surface area contributed by atoms with E-state index >= 15 is 0 Å². The van der Waals surface area contributed by atoms with Crippen molar-refractivity contribution in [3.05, 3.63) is 31.5 Å². The Labute approximate surface area is 85.2 Å². The van der Waals surface area contributed by atoms with Crippen molar-refractivity contribution in [2.45, 2.75) is 0 Å². The van der Waals surface area contributed by atoms with Crippen molar-refractivity contribution in [3.8, 4) is 5.75 Å². The summed E-state index contributed by atoms with van der Waals surface area (Å²) in [5.41, 5.74) is -1.03. The van der Waals surface area contributed by atoms with E-state index in [4.69, 9.17) is 16.7 Å². The first-order valence-corrected chi connectivity index (χ1v) is 4.13. The first kappa shape index (κ1) is 10.2. The van der Waals surface area contributed by atoms with E-state index in [1.165, 1.54) is 0 Å². The van der Waals surface area contributed by atoms with E-state index < -0.39 is 22.2 Å². The topological polar surface area (TPSA) is 63.4 Å². The van der Waals surface area contributed by atoms with Gasteiger partial charge in [-0.15, -0.1) is 0 Å². The lowest BCUT2D eigenvalue weighted by Crippen LogP contribution is -1.94. The van der Waals surface area contributed by atoms with Crippen molar-refractivity contribution in [1.29, 1.82) is 0 Å². The molecule has 0 fully saturated rings. The Bertz CT molecular complexity index is 358. The van der Waals surface area contributed by atoms with E-state index in [1.807, 2.05) is 0 Å². The van der Waals surface area contributed by atoms with Gasteiger partial charge in [-0.3, -0.25) is 10.1 Å². The SMILES string of the molecule is O=[N+]([O-])c1c(O)c(Cl)cc(Br)c1F. The zero-order valence-electron chi connectivity index (χ0n) is 5.92. The highest BCUT2D eigenvalue weighted by Crippen LogP contribution is 2.39. The maximum absolute atomic E-state index is 13.0. The van der Waals surface area contributed by atoms with Gasteiger partial charge >= 0.3 is 5.69 Å². The third-order valence-corrected chi connectivity index (χ3v) is 2.17. The molecule has 1 N–H and O–H groups in total. The highest BCUT2D eigenvalue weighted by Gasteiger charge is 2.25. The Balaban J connectivity index is 3.56. The Morgan fingerprint density at radius 1 is 1.69 bits per heavy atom. The van der Waals surface area contributed by atoms with Gasteiger partial charge in [-0.2, -0.15) is 4.39 Å². The van der Waals surface area contributed by atoms with Gasteiger partial charge in [-0.1, -0.05) is 11.6 Å². The van der Waals surface area contributed by atoms with Gasteiger partial charge in [-0.25, -0.2) is 0 Å². The van der Waals surface area contributed by atoms with Crippen LogP contribution in [0.25, 0.3) is 0 Å². The van der Waals surface area contributed by atoms with E-state index in [0.29, 0.717) is 0 Å². The molecule has 0 heterocycles. The number of aromatic hydroxyl groups is 1. The predicted molar refractivity (Wildman–Crippen MR) is 47.4 cm³/mol. The van der Waals surface area contributed by atoms with Crippen LogP contribution in [-0.2, 0) is 0 Å². The van der Waals surface area contributed by atoms with Crippen LogP contribution < -0.4 is 0 Å². The Morgan fingerprint density at radius 2 is 2.23 bits per heavy atom. The van der Waals surface area contributed by atoms with Crippen LogP contribution >= 0.6 is 27.5 Å². The van der Waals surface area contributed by atoms with Gasteiger partial charge in [0.05, 0.1) is 14.4 Å². The molecule has 0 bridgehead atoms. The summed E-state index contributed by atoms with van der Waals surface area (Å²) >= 11 is 8.11. The molecule has 1 aromatic carbocycles. The van der Waals surface area contributed by atoms with Gasteiger partial charge in [0.25, 0.3) is 0 Å². The minimum absolute atomic E-state index is 0.165. The number of hydrogen-bond acceptors (Lipinski definition) is 3. The number of benzene rings is 1. The maximum atomic E-state index is 13.0. The maximum Gasteiger partial charge on any atom is 0.348 e. The summed E-state index contributed by atoms with van der Waals surface area (Å²) < 4.78 is 12.8. The number of nitro benzene ring substituents is 1. The monoisotopic (exact) mass is 269 g/mol. The average molecular weight is 270 g/mol. The number of phenols is 1. The lowest BCUT2D eigenvalue weighted by molar-refractivity contribution is -0.388. The van der Waals surface area contributed by atoms with Gasteiger partial charge in [0.2, 0.25) is 11.6 Å². The number of nitro groups is 1. The van der Waals surface area contributed by atoms with Crippen LogP contribution in [0.2, 0.25) is 5.02 Å². The number of rotatable bonds is 1. The van der Waals surface area contributed by atoms with Crippen LogP contribution in [-0.4, -0.2) is 10.0 Å². The highest BCUT2D eigenvalue weighted by atomic mass is 79.9. The van der Waals surface area contributed by atoms with Crippen LogP contribution in [0.5, 0.6) is 5.75 Å². The van der Waals surface area contributed by atoms with Crippen LogP contribution in [0.15, 0.2) is 10.5 Å². The van der Waals surface area contributed by atoms with E-state index in [-0.39, 0.29) is 9.50 Å². The zero-order valence-corrected chi connectivity index (χ0v) is 8.26. The van der Waals surface area contributed by atoms with Crippen molar-refractivity contribution >= 4 is 33.2 Å². The van der Waals surface area contributed by atoms with Crippen molar-refractivity contribution in [2.24, 2.45) is 0 Å². The highest BCUT2D eigenvalue weighted by molar-refractivity contribution is 9.10. The normalized spacial score (nSPS) is 10.1. The van der Waals surface area contributed by atoms with Crippen LogP contribution in [0.3, 0.4) is 0 Å². The van der Waals surface area contributed by atoms with E-state index in [1.54, 1.807) is 0 Å². The first-order valence-electron chi connectivity index (χ1n) is 2.96. The quantitative estimate of drug-likeness (QED) is 0.485. The number of phenolic OH excluding ortho intramolecular Hbond substituents is 1. The van der Waals surface area contributed by atoms with Gasteiger partial charge < -0.3 is 5.11 Å². The van der Waals surface area contributed by atoms with Gasteiger partial charge in [0.15, 0.2) is 0 Å². The fourth-order valence-corrected chi connectivity index (χ4v) is 1.49. The summed E-state index contributed by atoms with van der Waals surface area (Å²) in [4.78, 5) is 9.23. The average Bonchev–Trinajstić information content (AvgIpc) is 2.01. The molecule has 7 heteroatoms. The Hall–Kier alpha value is -0.880. The van der Waals surface area contributed by atoms with E-state index in [9.17, 15) is 14.5 Å². The van der Waals surface area contributed by atoms with Crippen molar-refractivity contribution in [1.82, 2.24) is 0 Å². The molecule has 0 aromatic heterocycles. The fraction of sp³-hybridized carbons (Fsp3) is 0. The summed E-state index contributed by atoms with van der Waals surface area (Å²) in [7, 11) is 0.